The second-order valence-electron chi connectivity index (χ2n) is 2.92. The first-order valence-corrected chi connectivity index (χ1v) is 4.00. The van der Waals surface area contributed by atoms with Crippen LogP contribution in [-0.4, -0.2) is 14.1 Å². The average Bonchev–Trinajstić information content (AvgIpc) is 2.05. The largest absolute Gasteiger partial charge is 0.378 e. The van der Waals surface area contributed by atoms with E-state index in [9.17, 15) is 0 Å². The molecule has 0 N–H and O–H groups in total. The van der Waals surface area contributed by atoms with Gasteiger partial charge in [-0.15, -0.1) is 0 Å². The van der Waals surface area contributed by atoms with Crippen LogP contribution >= 0.6 is 0 Å². The minimum atomic E-state index is 1.11. The number of hydrogen-bond donors (Lipinski definition) is 0. The molecule has 0 aromatic heterocycles. The average molecular weight is 149 g/mol. The molecular weight excluding hydrogens is 134 g/mol. The van der Waals surface area contributed by atoms with Crippen LogP contribution in [0.4, 0.5) is 5.69 Å². The summed E-state index contributed by atoms with van der Waals surface area (Å²) in [6, 6.07) is 8.61. The third-order valence-corrected chi connectivity index (χ3v) is 1.84. The second-order valence-corrected chi connectivity index (χ2v) is 2.92. The Balaban J connectivity index is 2.91. The van der Waals surface area contributed by atoms with Crippen LogP contribution in [0.1, 0.15) is 12.5 Å². The van der Waals surface area contributed by atoms with Gasteiger partial charge in [0.15, 0.2) is 0 Å². The van der Waals surface area contributed by atoms with E-state index in [2.05, 4.69) is 50.2 Å². The van der Waals surface area contributed by atoms with E-state index in [0.717, 1.165) is 6.42 Å². The summed E-state index contributed by atoms with van der Waals surface area (Å²) < 4.78 is 0. The fourth-order valence-electron chi connectivity index (χ4n) is 1.05. The highest BCUT2D eigenvalue weighted by molar-refractivity contribution is 5.46. The molecule has 0 amide bonds. The molecule has 60 valence electrons. The molecule has 1 rings (SSSR count). The fraction of sp³-hybridized carbons (Fsp3) is 0.400. The van der Waals surface area contributed by atoms with Gasteiger partial charge < -0.3 is 4.90 Å². The fourth-order valence-corrected chi connectivity index (χ4v) is 1.05. The van der Waals surface area contributed by atoms with Gasteiger partial charge in [-0.1, -0.05) is 19.1 Å². The molecule has 1 nitrogen and oxygen atoms in total. The van der Waals surface area contributed by atoms with Crippen LogP contribution in [0.3, 0.4) is 0 Å². The summed E-state index contributed by atoms with van der Waals surface area (Å²) >= 11 is 0. The number of rotatable bonds is 2. The summed E-state index contributed by atoms with van der Waals surface area (Å²) in [4.78, 5) is 2.12. The minimum Gasteiger partial charge on any atom is -0.378 e. The van der Waals surface area contributed by atoms with E-state index in [0.29, 0.717) is 0 Å². The van der Waals surface area contributed by atoms with Crippen molar-refractivity contribution in [3.8, 4) is 0 Å². The Kier molecular flexibility index (Phi) is 2.53. The van der Waals surface area contributed by atoms with Crippen molar-refractivity contribution >= 4 is 5.69 Å². The smallest absolute Gasteiger partial charge is 0.0363 e. The van der Waals surface area contributed by atoms with E-state index in [1.165, 1.54) is 11.3 Å². The lowest BCUT2D eigenvalue weighted by molar-refractivity contribution is 1.10. The monoisotopic (exact) mass is 149 g/mol. The lowest BCUT2D eigenvalue weighted by atomic mass is 10.1. The molecule has 0 aliphatic carbocycles. The summed E-state index contributed by atoms with van der Waals surface area (Å²) in [6.07, 6.45) is 1.11. The van der Waals surface area contributed by atoms with Crippen LogP contribution in [0, 0.1) is 0 Å². The molecule has 0 bridgehead atoms. The molecule has 1 aromatic carbocycles. The summed E-state index contributed by atoms with van der Waals surface area (Å²) in [5, 5.41) is 0. The molecule has 0 atom stereocenters. The van der Waals surface area contributed by atoms with Crippen LogP contribution in [0.2, 0.25) is 0 Å². The van der Waals surface area contributed by atoms with Gasteiger partial charge in [-0.3, -0.25) is 0 Å². The molecule has 1 aromatic rings. The molecular formula is C10H15N. The lowest BCUT2D eigenvalue weighted by Crippen LogP contribution is -2.08. The Morgan fingerprint density at radius 2 is 2.00 bits per heavy atom. The molecule has 0 saturated heterocycles. The Bertz CT molecular complexity index is 228. The summed E-state index contributed by atoms with van der Waals surface area (Å²) in [5.74, 6) is 0. The number of anilines is 1. The van der Waals surface area contributed by atoms with E-state index >= 15 is 0 Å². The van der Waals surface area contributed by atoms with Gasteiger partial charge in [0, 0.05) is 19.8 Å². The van der Waals surface area contributed by atoms with Crippen molar-refractivity contribution < 1.29 is 0 Å². The zero-order chi connectivity index (χ0) is 8.27. The van der Waals surface area contributed by atoms with E-state index < -0.39 is 0 Å². The predicted octanol–water partition coefficient (Wildman–Crippen LogP) is 2.32. The van der Waals surface area contributed by atoms with Crippen LogP contribution in [-0.2, 0) is 6.42 Å². The molecule has 0 heterocycles. The van der Waals surface area contributed by atoms with Crippen molar-refractivity contribution in [3.63, 3.8) is 0 Å². The molecule has 0 radical (unpaired) electrons. The molecule has 0 spiro atoms. The van der Waals surface area contributed by atoms with Gasteiger partial charge in [0.25, 0.3) is 0 Å². The first-order chi connectivity index (χ1) is 5.24. The summed E-state index contributed by atoms with van der Waals surface area (Å²) in [7, 11) is 4.13. The quantitative estimate of drug-likeness (QED) is 0.623. The van der Waals surface area contributed by atoms with E-state index in [4.69, 9.17) is 0 Å². The summed E-state index contributed by atoms with van der Waals surface area (Å²) in [5.41, 5.74) is 2.68. The van der Waals surface area contributed by atoms with Gasteiger partial charge in [0.1, 0.15) is 0 Å². The highest BCUT2D eigenvalue weighted by atomic mass is 15.1. The molecule has 0 aliphatic heterocycles. The lowest BCUT2D eigenvalue weighted by Gasteiger charge is -2.12. The van der Waals surface area contributed by atoms with Crippen molar-refractivity contribution in [3.05, 3.63) is 29.8 Å². The van der Waals surface area contributed by atoms with Gasteiger partial charge in [-0.2, -0.15) is 0 Å². The highest BCUT2D eigenvalue weighted by Crippen LogP contribution is 2.13. The molecule has 0 saturated carbocycles. The Morgan fingerprint density at radius 1 is 1.27 bits per heavy atom. The van der Waals surface area contributed by atoms with E-state index in [-0.39, 0.29) is 0 Å². The third-order valence-electron chi connectivity index (χ3n) is 1.84. The second kappa shape index (κ2) is 3.42. The standard InChI is InChI=1S/C10H15N/c1-4-9-6-5-7-10(8-9)11(2)3/h5-8H,4H2,1-3H3. The first-order valence-electron chi connectivity index (χ1n) is 4.00. The van der Waals surface area contributed by atoms with Gasteiger partial charge >= 0.3 is 0 Å². The maximum Gasteiger partial charge on any atom is 0.0363 e. The predicted molar refractivity (Wildman–Crippen MR) is 50.1 cm³/mol. The van der Waals surface area contributed by atoms with E-state index in [1.54, 1.807) is 0 Å². The number of aryl methyl sites for hydroxylation is 1. The molecule has 0 aliphatic rings. The summed E-state index contributed by atoms with van der Waals surface area (Å²) in [6.45, 7) is 2.18. The molecule has 0 unspecified atom stereocenters. The van der Waals surface area contributed by atoms with Crippen molar-refractivity contribution in [1.29, 1.82) is 0 Å². The zero-order valence-electron chi connectivity index (χ0n) is 7.46. The Morgan fingerprint density at radius 3 is 2.55 bits per heavy atom. The maximum atomic E-state index is 2.22. The Hall–Kier alpha value is -0.980. The van der Waals surface area contributed by atoms with Crippen molar-refractivity contribution in [1.82, 2.24) is 0 Å². The Labute approximate surface area is 68.7 Å². The maximum absolute atomic E-state index is 2.22. The third kappa shape index (κ3) is 1.97. The molecule has 0 fully saturated rings. The normalized spacial score (nSPS) is 9.73. The minimum absolute atomic E-state index is 1.11. The van der Waals surface area contributed by atoms with Crippen molar-refractivity contribution in [2.45, 2.75) is 13.3 Å². The van der Waals surface area contributed by atoms with Crippen LogP contribution in [0.25, 0.3) is 0 Å². The number of hydrogen-bond acceptors (Lipinski definition) is 1. The SMILES string of the molecule is CCc1cccc(N(C)C)c1. The number of benzene rings is 1. The molecule has 1 heteroatoms. The number of nitrogens with zero attached hydrogens (tertiary/aromatic N) is 1. The van der Waals surface area contributed by atoms with Gasteiger partial charge in [0.2, 0.25) is 0 Å². The van der Waals surface area contributed by atoms with Crippen molar-refractivity contribution in [2.24, 2.45) is 0 Å². The van der Waals surface area contributed by atoms with Crippen LogP contribution in [0.15, 0.2) is 24.3 Å². The van der Waals surface area contributed by atoms with Gasteiger partial charge in [-0.05, 0) is 24.1 Å². The van der Waals surface area contributed by atoms with Crippen LogP contribution in [0.5, 0.6) is 0 Å². The highest BCUT2D eigenvalue weighted by Gasteiger charge is 1.94. The molecule has 11 heavy (non-hydrogen) atoms. The topological polar surface area (TPSA) is 3.24 Å². The van der Waals surface area contributed by atoms with Crippen molar-refractivity contribution in [2.75, 3.05) is 19.0 Å². The zero-order valence-corrected chi connectivity index (χ0v) is 7.46. The van der Waals surface area contributed by atoms with Gasteiger partial charge in [-0.25, -0.2) is 0 Å². The van der Waals surface area contributed by atoms with Gasteiger partial charge in [0.05, 0.1) is 0 Å². The van der Waals surface area contributed by atoms with E-state index in [1.807, 2.05) is 0 Å². The first kappa shape index (κ1) is 8.12. The van der Waals surface area contributed by atoms with Crippen LogP contribution < -0.4 is 4.90 Å².